The van der Waals surface area contributed by atoms with Gasteiger partial charge in [-0.25, -0.2) is 0 Å². The zero-order chi connectivity index (χ0) is 37.1. The molecule has 5 aliphatic rings. The molecule has 272 valence electrons. The van der Waals surface area contributed by atoms with E-state index in [1.165, 1.54) is 61.0 Å². The van der Waals surface area contributed by atoms with Gasteiger partial charge in [0.1, 0.15) is 0 Å². The van der Waals surface area contributed by atoms with Crippen LogP contribution in [0.4, 0.5) is 5.69 Å². The van der Waals surface area contributed by atoms with Gasteiger partial charge in [-0.1, -0.05) is 141 Å². The molecule has 0 N–H and O–H groups in total. The molecule has 0 fully saturated rings. The molecule has 0 bridgehead atoms. The SMILES string of the molecule is CCn1c2ccccc2c2cc(/C=C/c3ccc4c(c3)C(CC)(CC)C3C=C(/C=C/C5=CC6C7=C(C=CCC7)N(c7ccccc7)C6C=C5)C=CC43)ccc21. The Labute approximate surface area is 326 Å². The van der Waals surface area contributed by atoms with E-state index >= 15 is 0 Å². The number of benzene rings is 4. The summed E-state index contributed by atoms with van der Waals surface area (Å²) >= 11 is 0. The molecular formula is C53H50N2. The first-order valence-corrected chi connectivity index (χ1v) is 20.7. The lowest BCUT2D eigenvalue weighted by Gasteiger charge is -2.36. The second-order valence-electron chi connectivity index (χ2n) is 16.1. The van der Waals surface area contributed by atoms with Crippen molar-refractivity contribution >= 4 is 39.6 Å². The Bertz CT molecular complexity index is 2570. The average Bonchev–Trinajstić information content (AvgIpc) is 3.85. The molecule has 4 unspecified atom stereocenters. The highest BCUT2D eigenvalue weighted by atomic mass is 15.2. The van der Waals surface area contributed by atoms with Gasteiger partial charge in [-0.05, 0) is 114 Å². The Morgan fingerprint density at radius 2 is 1.40 bits per heavy atom. The maximum atomic E-state index is 2.60. The highest BCUT2D eigenvalue weighted by molar-refractivity contribution is 6.08. The fourth-order valence-corrected chi connectivity index (χ4v) is 10.9. The predicted molar refractivity (Wildman–Crippen MR) is 234 cm³/mol. The number of nitrogens with zero attached hydrogens (tertiary/aromatic N) is 2. The van der Waals surface area contributed by atoms with E-state index in [2.05, 4.69) is 194 Å². The Hall–Kier alpha value is -5.60. The van der Waals surface area contributed by atoms with Crippen LogP contribution in [0.15, 0.2) is 174 Å². The van der Waals surface area contributed by atoms with Crippen LogP contribution in [0.2, 0.25) is 0 Å². The second kappa shape index (κ2) is 13.6. The number of fused-ring (bicyclic) bond motifs is 8. The van der Waals surface area contributed by atoms with Gasteiger partial charge < -0.3 is 9.47 Å². The number of rotatable bonds is 8. The van der Waals surface area contributed by atoms with Crippen LogP contribution in [0.25, 0.3) is 34.0 Å². The Balaban J connectivity index is 0.914. The van der Waals surface area contributed by atoms with Gasteiger partial charge in [0, 0.05) is 57.0 Å². The summed E-state index contributed by atoms with van der Waals surface area (Å²) in [7, 11) is 0. The normalized spacial score (nSPS) is 23.5. The van der Waals surface area contributed by atoms with Gasteiger partial charge >= 0.3 is 0 Å². The molecule has 2 heteroatoms. The Kier molecular flexibility index (Phi) is 8.39. The zero-order valence-corrected chi connectivity index (χ0v) is 32.3. The van der Waals surface area contributed by atoms with E-state index in [0.29, 0.717) is 23.8 Å². The third-order valence-corrected chi connectivity index (χ3v) is 13.6. The first kappa shape index (κ1) is 33.9. The second-order valence-corrected chi connectivity index (χ2v) is 16.1. The van der Waals surface area contributed by atoms with Gasteiger partial charge in [-0.3, -0.25) is 0 Å². The summed E-state index contributed by atoms with van der Waals surface area (Å²) in [5, 5.41) is 2.66. The van der Waals surface area contributed by atoms with Crippen molar-refractivity contribution in [3.05, 3.63) is 196 Å². The Morgan fingerprint density at radius 3 is 2.22 bits per heavy atom. The van der Waals surface area contributed by atoms with Crippen LogP contribution in [0, 0.1) is 11.8 Å². The van der Waals surface area contributed by atoms with Crippen LogP contribution < -0.4 is 4.90 Å². The quantitative estimate of drug-likeness (QED) is 0.145. The molecule has 5 aromatic rings. The van der Waals surface area contributed by atoms with Crippen molar-refractivity contribution in [3.8, 4) is 0 Å². The van der Waals surface area contributed by atoms with Crippen molar-refractivity contribution in [2.75, 3.05) is 4.90 Å². The maximum Gasteiger partial charge on any atom is 0.0626 e. The van der Waals surface area contributed by atoms with Crippen LogP contribution in [0.3, 0.4) is 0 Å². The summed E-state index contributed by atoms with van der Waals surface area (Å²) in [5.41, 5.74) is 15.2. The van der Waals surface area contributed by atoms with Gasteiger partial charge in [-0.2, -0.15) is 0 Å². The van der Waals surface area contributed by atoms with Crippen LogP contribution in [0.5, 0.6) is 0 Å². The molecule has 0 saturated carbocycles. The monoisotopic (exact) mass is 714 g/mol. The molecule has 55 heavy (non-hydrogen) atoms. The van der Waals surface area contributed by atoms with Crippen molar-refractivity contribution in [2.24, 2.45) is 11.8 Å². The van der Waals surface area contributed by atoms with Crippen molar-refractivity contribution in [1.82, 2.24) is 4.57 Å². The Morgan fingerprint density at radius 1 is 0.673 bits per heavy atom. The molecule has 0 radical (unpaired) electrons. The highest BCUT2D eigenvalue weighted by Crippen LogP contribution is 2.57. The number of hydrogen-bond donors (Lipinski definition) is 0. The highest BCUT2D eigenvalue weighted by Gasteiger charge is 2.49. The summed E-state index contributed by atoms with van der Waals surface area (Å²) in [6, 6.07) is 34.2. The van der Waals surface area contributed by atoms with Crippen molar-refractivity contribution in [3.63, 3.8) is 0 Å². The molecule has 4 aliphatic carbocycles. The molecule has 1 aromatic heterocycles. The fourth-order valence-electron chi connectivity index (χ4n) is 10.9. The lowest BCUT2D eigenvalue weighted by atomic mass is 9.67. The minimum atomic E-state index is 0.119. The number of para-hydroxylation sites is 2. The number of aromatic nitrogens is 1. The molecule has 0 amide bonds. The third kappa shape index (κ3) is 5.44. The number of aryl methyl sites for hydroxylation is 1. The van der Waals surface area contributed by atoms with Gasteiger partial charge in [0.15, 0.2) is 0 Å². The van der Waals surface area contributed by atoms with Crippen LogP contribution >= 0.6 is 0 Å². The van der Waals surface area contributed by atoms with Crippen LogP contribution in [0.1, 0.15) is 74.6 Å². The zero-order valence-electron chi connectivity index (χ0n) is 32.3. The third-order valence-electron chi connectivity index (χ3n) is 13.6. The molecule has 0 saturated heterocycles. The number of allylic oxidation sites excluding steroid dienone is 10. The summed E-state index contributed by atoms with van der Waals surface area (Å²) in [6.07, 6.45) is 33.3. The van der Waals surface area contributed by atoms with E-state index in [-0.39, 0.29) is 5.41 Å². The van der Waals surface area contributed by atoms with Crippen LogP contribution in [-0.4, -0.2) is 10.6 Å². The number of anilines is 1. The lowest BCUT2D eigenvalue weighted by molar-refractivity contribution is 0.304. The molecule has 2 nitrogen and oxygen atoms in total. The van der Waals surface area contributed by atoms with Crippen molar-refractivity contribution in [1.29, 1.82) is 0 Å². The van der Waals surface area contributed by atoms with E-state index in [0.717, 1.165) is 32.2 Å². The fraction of sp³-hybridized carbons (Fsp3) is 0.245. The molecule has 1 aliphatic heterocycles. The molecule has 0 spiro atoms. The van der Waals surface area contributed by atoms with Gasteiger partial charge in [-0.15, -0.1) is 0 Å². The number of hydrogen-bond acceptors (Lipinski definition) is 1. The minimum absolute atomic E-state index is 0.119. The standard InChI is InChI=1S/C53H50N2/c1-4-53(5-2)47-34-38(22-20-36-26-30-50-45(32-36)43-16-10-12-18-49(43)54(50)6-3)24-28-41(47)42-29-25-39(35-48(42)53)23-21-37-27-31-52-46(33-37)44-17-11-13-19-51(44)55(52)40-14-8-7-9-15-40/h7-10,12-16,18-35,42,46,48,52H,4-6,11,17H2,1-3H3/b22-20+,23-21+. The topological polar surface area (TPSA) is 8.17 Å². The summed E-state index contributed by atoms with van der Waals surface area (Å²) in [6.45, 7) is 8.01. The molecule has 10 rings (SSSR count). The first-order valence-electron chi connectivity index (χ1n) is 20.7. The average molecular weight is 715 g/mol. The van der Waals surface area contributed by atoms with E-state index in [4.69, 9.17) is 0 Å². The predicted octanol–water partition coefficient (Wildman–Crippen LogP) is 13.4. The van der Waals surface area contributed by atoms with Crippen molar-refractivity contribution < 1.29 is 0 Å². The summed E-state index contributed by atoms with van der Waals surface area (Å²) in [4.78, 5) is 2.55. The molecular weight excluding hydrogens is 665 g/mol. The van der Waals surface area contributed by atoms with Crippen molar-refractivity contribution in [2.45, 2.75) is 70.4 Å². The van der Waals surface area contributed by atoms with Crippen LogP contribution in [-0.2, 0) is 12.0 Å². The van der Waals surface area contributed by atoms with E-state index in [1.54, 1.807) is 11.1 Å². The lowest BCUT2D eigenvalue weighted by Crippen LogP contribution is -2.32. The smallest absolute Gasteiger partial charge is 0.0626 e. The molecule has 4 aromatic carbocycles. The molecule has 2 heterocycles. The van der Waals surface area contributed by atoms with E-state index < -0.39 is 0 Å². The van der Waals surface area contributed by atoms with E-state index in [9.17, 15) is 0 Å². The largest absolute Gasteiger partial charge is 0.341 e. The van der Waals surface area contributed by atoms with Gasteiger partial charge in [0.2, 0.25) is 0 Å². The minimum Gasteiger partial charge on any atom is -0.341 e. The first-order chi connectivity index (χ1) is 27.1. The van der Waals surface area contributed by atoms with E-state index in [1.807, 2.05) is 0 Å². The molecule has 4 atom stereocenters. The van der Waals surface area contributed by atoms with Gasteiger partial charge in [0.25, 0.3) is 0 Å². The van der Waals surface area contributed by atoms with Gasteiger partial charge in [0.05, 0.1) is 6.04 Å². The summed E-state index contributed by atoms with van der Waals surface area (Å²) < 4.78 is 2.42. The summed E-state index contributed by atoms with van der Waals surface area (Å²) in [5.74, 6) is 1.29. The maximum absolute atomic E-state index is 2.60.